The number of nitrogens with two attached hydrogens (primary N) is 1. The molecular formula is C11H11N3. The second kappa shape index (κ2) is 4.89. The van der Waals surface area contributed by atoms with E-state index in [4.69, 9.17) is 16.3 Å². The Morgan fingerprint density at radius 3 is 2.57 bits per heavy atom. The van der Waals surface area contributed by atoms with Crippen molar-refractivity contribution in [3.05, 3.63) is 29.3 Å². The highest BCUT2D eigenvalue weighted by atomic mass is 14.5. The molecule has 0 atom stereocenters. The lowest BCUT2D eigenvalue weighted by atomic mass is 10.0. The largest absolute Gasteiger partial charge is 0.399 e. The van der Waals surface area contributed by atoms with Crippen molar-refractivity contribution in [3.8, 4) is 12.1 Å². The van der Waals surface area contributed by atoms with Gasteiger partial charge in [-0.15, -0.1) is 0 Å². The van der Waals surface area contributed by atoms with E-state index in [-0.39, 0.29) is 0 Å². The van der Waals surface area contributed by atoms with Gasteiger partial charge in [0.15, 0.2) is 0 Å². The topological polar surface area (TPSA) is 73.6 Å². The number of nitrogen functional groups attached to an aromatic ring is 1. The van der Waals surface area contributed by atoms with Gasteiger partial charge >= 0.3 is 0 Å². The Kier molecular flexibility index (Phi) is 3.52. The number of nitrogens with zero attached hydrogens (tertiary/aromatic N) is 2. The summed E-state index contributed by atoms with van der Waals surface area (Å²) < 4.78 is 0. The molecule has 3 nitrogen and oxygen atoms in total. The Labute approximate surface area is 83.4 Å². The lowest BCUT2D eigenvalue weighted by molar-refractivity contribution is 0.986. The zero-order valence-electron chi connectivity index (χ0n) is 7.83. The average molecular weight is 185 g/mol. The SMILES string of the molecule is N#CCCc1cc(N)ccc1CC#N. The van der Waals surface area contributed by atoms with Gasteiger partial charge in [0.25, 0.3) is 0 Å². The van der Waals surface area contributed by atoms with Gasteiger partial charge in [-0.1, -0.05) is 6.07 Å². The van der Waals surface area contributed by atoms with Crippen molar-refractivity contribution in [1.82, 2.24) is 0 Å². The summed E-state index contributed by atoms with van der Waals surface area (Å²) in [5, 5.41) is 17.1. The minimum atomic E-state index is 0.376. The fraction of sp³-hybridized carbons (Fsp3) is 0.273. The Morgan fingerprint density at radius 1 is 1.14 bits per heavy atom. The molecule has 0 heterocycles. The van der Waals surface area contributed by atoms with Crippen LogP contribution >= 0.6 is 0 Å². The molecule has 1 rings (SSSR count). The van der Waals surface area contributed by atoms with E-state index in [2.05, 4.69) is 12.1 Å². The first-order chi connectivity index (χ1) is 6.77. The molecule has 0 bridgehead atoms. The fourth-order valence-corrected chi connectivity index (χ4v) is 1.33. The molecule has 0 aliphatic carbocycles. The summed E-state index contributed by atoms with van der Waals surface area (Å²) in [6.45, 7) is 0. The standard InChI is InChI=1S/C11H11N3/c12-6-1-2-10-8-11(14)4-3-9(10)5-7-13/h3-4,8H,1-2,5,14H2. The molecule has 0 amide bonds. The quantitative estimate of drug-likeness (QED) is 0.729. The summed E-state index contributed by atoms with van der Waals surface area (Å²) in [7, 11) is 0. The van der Waals surface area contributed by atoms with Crippen LogP contribution in [-0.4, -0.2) is 0 Å². The molecule has 0 saturated heterocycles. The molecule has 2 N–H and O–H groups in total. The molecule has 0 aromatic heterocycles. The number of benzene rings is 1. The van der Waals surface area contributed by atoms with Crippen molar-refractivity contribution in [2.75, 3.05) is 5.73 Å². The Balaban J connectivity index is 2.93. The molecule has 0 unspecified atom stereocenters. The Hall–Kier alpha value is -2.00. The lowest BCUT2D eigenvalue weighted by Crippen LogP contribution is -1.95. The first kappa shape index (κ1) is 10.1. The van der Waals surface area contributed by atoms with Crippen LogP contribution in [0.25, 0.3) is 0 Å². The van der Waals surface area contributed by atoms with E-state index >= 15 is 0 Å². The highest BCUT2D eigenvalue weighted by Crippen LogP contribution is 2.15. The predicted molar refractivity (Wildman–Crippen MR) is 54.1 cm³/mol. The van der Waals surface area contributed by atoms with Crippen LogP contribution in [0.1, 0.15) is 17.5 Å². The van der Waals surface area contributed by atoms with E-state index in [1.807, 2.05) is 12.1 Å². The van der Waals surface area contributed by atoms with E-state index in [0.717, 1.165) is 11.1 Å². The van der Waals surface area contributed by atoms with E-state index in [1.54, 1.807) is 6.07 Å². The van der Waals surface area contributed by atoms with Gasteiger partial charge < -0.3 is 5.73 Å². The highest BCUT2D eigenvalue weighted by Gasteiger charge is 2.02. The van der Waals surface area contributed by atoms with Gasteiger partial charge in [0, 0.05) is 12.1 Å². The van der Waals surface area contributed by atoms with Gasteiger partial charge in [0.05, 0.1) is 18.6 Å². The normalized spacial score (nSPS) is 9.00. The molecule has 0 fully saturated rings. The molecule has 70 valence electrons. The second-order valence-electron chi connectivity index (χ2n) is 3.02. The van der Waals surface area contributed by atoms with Gasteiger partial charge in [0.2, 0.25) is 0 Å². The van der Waals surface area contributed by atoms with Gasteiger partial charge in [-0.25, -0.2) is 0 Å². The number of rotatable bonds is 3. The maximum Gasteiger partial charge on any atom is 0.0669 e. The third-order valence-corrected chi connectivity index (χ3v) is 2.01. The third kappa shape index (κ3) is 2.50. The van der Waals surface area contributed by atoms with Crippen molar-refractivity contribution < 1.29 is 0 Å². The number of aryl methyl sites for hydroxylation is 1. The molecule has 1 aromatic rings. The van der Waals surface area contributed by atoms with Crippen LogP contribution in [0, 0.1) is 22.7 Å². The van der Waals surface area contributed by atoms with Crippen molar-refractivity contribution in [2.24, 2.45) is 0 Å². The first-order valence-corrected chi connectivity index (χ1v) is 4.39. The maximum atomic E-state index is 8.59. The van der Waals surface area contributed by atoms with Crippen LogP contribution in [-0.2, 0) is 12.8 Å². The molecule has 0 saturated carbocycles. The zero-order valence-corrected chi connectivity index (χ0v) is 7.83. The third-order valence-electron chi connectivity index (χ3n) is 2.01. The summed E-state index contributed by atoms with van der Waals surface area (Å²) in [5.74, 6) is 0. The van der Waals surface area contributed by atoms with E-state index in [0.29, 0.717) is 24.9 Å². The predicted octanol–water partition coefficient (Wildman–Crippen LogP) is 1.79. The first-order valence-electron chi connectivity index (χ1n) is 4.39. The molecule has 0 aliphatic rings. The van der Waals surface area contributed by atoms with Crippen molar-refractivity contribution in [1.29, 1.82) is 10.5 Å². The Morgan fingerprint density at radius 2 is 1.93 bits per heavy atom. The molecule has 14 heavy (non-hydrogen) atoms. The smallest absolute Gasteiger partial charge is 0.0669 e. The second-order valence-corrected chi connectivity index (χ2v) is 3.02. The zero-order chi connectivity index (χ0) is 10.4. The van der Waals surface area contributed by atoms with Gasteiger partial charge in [-0.3, -0.25) is 0 Å². The lowest BCUT2D eigenvalue weighted by Gasteiger charge is -2.05. The van der Waals surface area contributed by atoms with E-state index in [9.17, 15) is 0 Å². The fourth-order valence-electron chi connectivity index (χ4n) is 1.33. The minimum Gasteiger partial charge on any atom is -0.399 e. The van der Waals surface area contributed by atoms with Crippen LogP contribution in [0.3, 0.4) is 0 Å². The molecule has 0 spiro atoms. The van der Waals surface area contributed by atoms with Gasteiger partial charge in [0.1, 0.15) is 0 Å². The van der Waals surface area contributed by atoms with E-state index in [1.165, 1.54) is 0 Å². The number of nitriles is 2. The van der Waals surface area contributed by atoms with Crippen LogP contribution in [0.5, 0.6) is 0 Å². The summed E-state index contributed by atoms with van der Waals surface area (Å²) in [4.78, 5) is 0. The summed E-state index contributed by atoms with van der Waals surface area (Å²) in [6, 6.07) is 9.65. The summed E-state index contributed by atoms with van der Waals surface area (Å²) in [6.07, 6.45) is 1.50. The van der Waals surface area contributed by atoms with Gasteiger partial charge in [-0.05, 0) is 29.7 Å². The molecular weight excluding hydrogens is 174 g/mol. The maximum absolute atomic E-state index is 8.59. The van der Waals surface area contributed by atoms with Crippen molar-refractivity contribution in [2.45, 2.75) is 19.3 Å². The number of hydrogen-bond donors (Lipinski definition) is 1. The molecule has 3 heteroatoms. The van der Waals surface area contributed by atoms with Crippen LogP contribution in [0.2, 0.25) is 0 Å². The summed E-state index contributed by atoms with van der Waals surface area (Å²) >= 11 is 0. The summed E-state index contributed by atoms with van der Waals surface area (Å²) in [5.41, 5.74) is 8.29. The highest BCUT2D eigenvalue weighted by molar-refractivity contribution is 5.45. The molecule has 0 radical (unpaired) electrons. The number of hydrogen-bond acceptors (Lipinski definition) is 3. The van der Waals surface area contributed by atoms with Crippen LogP contribution < -0.4 is 5.73 Å². The van der Waals surface area contributed by atoms with Crippen LogP contribution in [0.15, 0.2) is 18.2 Å². The molecule has 0 aliphatic heterocycles. The van der Waals surface area contributed by atoms with Gasteiger partial charge in [-0.2, -0.15) is 10.5 Å². The van der Waals surface area contributed by atoms with Crippen molar-refractivity contribution in [3.63, 3.8) is 0 Å². The van der Waals surface area contributed by atoms with Crippen molar-refractivity contribution >= 4 is 5.69 Å². The molecule has 1 aromatic carbocycles. The average Bonchev–Trinajstić information content (AvgIpc) is 2.18. The minimum absolute atomic E-state index is 0.376. The van der Waals surface area contributed by atoms with E-state index < -0.39 is 0 Å². The monoisotopic (exact) mass is 185 g/mol. The van der Waals surface area contributed by atoms with Crippen LogP contribution in [0.4, 0.5) is 5.69 Å². The number of anilines is 1. The Bertz CT molecular complexity index is 396.